The third-order valence-corrected chi connectivity index (χ3v) is 4.00. The number of halogens is 3. The van der Waals surface area contributed by atoms with Crippen molar-refractivity contribution in [3.8, 4) is 5.69 Å². The lowest BCUT2D eigenvalue weighted by Crippen LogP contribution is -2.07. The topological polar surface area (TPSA) is 72.5 Å². The monoisotopic (exact) mass is 388 g/mol. The Morgan fingerprint density at radius 1 is 1.14 bits per heavy atom. The van der Waals surface area contributed by atoms with Gasteiger partial charge in [0, 0.05) is 18.0 Å². The molecule has 0 saturated heterocycles. The molecule has 0 fully saturated rings. The van der Waals surface area contributed by atoms with Crippen molar-refractivity contribution in [3.05, 3.63) is 87.7 Å². The van der Waals surface area contributed by atoms with Gasteiger partial charge in [-0.05, 0) is 43.3 Å². The molecule has 6 nitrogen and oxygen atoms in total. The number of benzene rings is 2. The van der Waals surface area contributed by atoms with Gasteiger partial charge in [0.15, 0.2) is 0 Å². The van der Waals surface area contributed by atoms with E-state index in [-0.39, 0.29) is 5.69 Å². The van der Waals surface area contributed by atoms with Crippen LogP contribution in [0.15, 0.2) is 65.9 Å². The molecule has 9 heteroatoms. The Labute approximate surface area is 158 Å². The molecule has 0 bridgehead atoms. The van der Waals surface area contributed by atoms with Crippen LogP contribution < -0.4 is 5.43 Å². The Morgan fingerprint density at radius 3 is 2.50 bits per heavy atom. The van der Waals surface area contributed by atoms with Crippen LogP contribution in [0.3, 0.4) is 0 Å². The number of nitro groups is 1. The Kier molecular flexibility index (Phi) is 5.16. The van der Waals surface area contributed by atoms with Crippen LogP contribution in [0, 0.1) is 17.0 Å². The van der Waals surface area contributed by atoms with Crippen LogP contribution in [-0.4, -0.2) is 15.7 Å². The van der Waals surface area contributed by atoms with Crippen LogP contribution in [0.4, 0.5) is 24.5 Å². The van der Waals surface area contributed by atoms with E-state index < -0.39 is 22.4 Å². The summed E-state index contributed by atoms with van der Waals surface area (Å²) in [4.78, 5) is 10.2. The summed E-state index contributed by atoms with van der Waals surface area (Å²) in [5, 5.41) is 15.0. The number of aromatic nitrogens is 1. The van der Waals surface area contributed by atoms with Crippen molar-refractivity contribution in [2.75, 3.05) is 5.43 Å². The zero-order valence-electron chi connectivity index (χ0n) is 14.6. The Hall–Kier alpha value is -3.62. The number of rotatable bonds is 5. The summed E-state index contributed by atoms with van der Waals surface area (Å²) in [5.74, 6) is 0. The van der Waals surface area contributed by atoms with Crippen LogP contribution in [0.5, 0.6) is 0 Å². The number of hydrazone groups is 1. The van der Waals surface area contributed by atoms with E-state index in [0.717, 1.165) is 23.4 Å². The molecular formula is C19H15F3N4O2. The first-order valence-corrected chi connectivity index (χ1v) is 8.15. The van der Waals surface area contributed by atoms with E-state index in [2.05, 4.69) is 10.5 Å². The third-order valence-electron chi connectivity index (χ3n) is 4.00. The molecule has 1 N–H and O–H groups in total. The van der Waals surface area contributed by atoms with E-state index in [1.54, 1.807) is 6.07 Å². The van der Waals surface area contributed by atoms with Crippen molar-refractivity contribution in [3.63, 3.8) is 0 Å². The molecule has 28 heavy (non-hydrogen) atoms. The standard InChI is InChI=1S/C19H15F3N4O2/c1-13-4-7-15(8-5-13)25-10-2-3-16(25)12-23-24-17-9-6-14(19(20,21)22)11-18(17)26(27)28/h2-12,24H,1H3/b23-12-. The van der Waals surface area contributed by atoms with Crippen LogP contribution in [0.2, 0.25) is 0 Å². The van der Waals surface area contributed by atoms with Crippen molar-refractivity contribution in [1.82, 2.24) is 4.57 Å². The van der Waals surface area contributed by atoms with E-state index in [4.69, 9.17) is 0 Å². The second-order valence-electron chi connectivity index (χ2n) is 6.00. The average molecular weight is 388 g/mol. The van der Waals surface area contributed by atoms with E-state index in [0.29, 0.717) is 11.8 Å². The highest BCUT2D eigenvalue weighted by atomic mass is 19.4. The first-order chi connectivity index (χ1) is 13.3. The summed E-state index contributed by atoms with van der Waals surface area (Å²) >= 11 is 0. The van der Waals surface area contributed by atoms with Crippen molar-refractivity contribution in [1.29, 1.82) is 0 Å². The van der Waals surface area contributed by atoms with Gasteiger partial charge < -0.3 is 4.57 Å². The molecule has 0 atom stereocenters. The predicted octanol–water partition coefficient (Wildman–Crippen LogP) is 5.16. The first-order valence-electron chi connectivity index (χ1n) is 8.15. The van der Waals surface area contributed by atoms with Gasteiger partial charge in [-0.2, -0.15) is 18.3 Å². The van der Waals surface area contributed by atoms with Gasteiger partial charge in [-0.1, -0.05) is 17.7 Å². The molecule has 1 aromatic heterocycles. The van der Waals surface area contributed by atoms with Gasteiger partial charge in [-0.3, -0.25) is 15.5 Å². The van der Waals surface area contributed by atoms with Crippen LogP contribution in [0.1, 0.15) is 16.8 Å². The lowest BCUT2D eigenvalue weighted by molar-refractivity contribution is -0.384. The molecule has 0 aliphatic rings. The maximum atomic E-state index is 12.8. The zero-order valence-corrected chi connectivity index (χ0v) is 14.6. The fourth-order valence-corrected chi connectivity index (χ4v) is 2.56. The molecule has 0 radical (unpaired) electrons. The summed E-state index contributed by atoms with van der Waals surface area (Å²) in [6, 6.07) is 13.6. The number of nitrogens with one attached hydrogen (secondary N) is 1. The quantitative estimate of drug-likeness (QED) is 0.373. The lowest BCUT2D eigenvalue weighted by atomic mass is 10.1. The number of anilines is 1. The SMILES string of the molecule is Cc1ccc(-n2cccc2/C=N\Nc2ccc(C(F)(F)F)cc2[N+](=O)[O-])cc1. The fourth-order valence-electron chi connectivity index (χ4n) is 2.56. The molecule has 0 amide bonds. The van der Waals surface area contributed by atoms with Gasteiger partial charge in [0.05, 0.1) is 22.4 Å². The van der Waals surface area contributed by atoms with Gasteiger partial charge >= 0.3 is 6.18 Å². The zero-order chi connectivity index (χ0) is 20.3. The Balaban J connectivity index is 1.83. The largest absolute Gasteiger partial charge is 0.416 e. The highest BCUT2D eigenvalue weighted by Gasteiger charge is 2.33. The molecule has 3 aromatic rings. The molecule has 0 aliphatic heterocycles. The highest BCUT2D eigenvalue weighted by molar-refractivity contribution is 5.80. The van der Waals surface area contributed by atoms with Crippen molar-refractivity contribution >= 4 is 17.6 Å². The number of aryl methyl sites for hydroxylation is 1. The number of nitrogens with zero attached hydrogens (tertiary/aromatic N) is 3. The van der Waals surface area contributed by atoms with Crippen molar-refractivity contribution < 1.29 is 18.1 Å². The minimum Gasteiger partial charge on any atom is -0.316 e. The molecule has 0 aliphatic carbocycles. The molecule has 0 spiro atoms. The lowest BCUT2D eigenvalue weighted by Gasteiger charge is -2.09. The smallest absolute Gasteiger partial charge is 0.316 e. The summed E-state index contributed by atoms with van der Waals surface area (Å²) in [6.45, 7) is 1.97. The van der Waals surface area contributed by atoms with Crippen LogP contribution in [-0.2, 0) is 6.18 Å². The number of hydrogen-bond donors (Lipinski definition) is 1. The predicted molar refractivity (Wildman–Crippen MR) is 99.8 cm³/mol. The molecular weight excluding hydrogens is 373 g/mol. The van der Waals surface area contributed by atoms with E-state index in [1.807, 2.05) is 48.0 Å². The number of nitro benzene ring substituents is 1. The molecule has 0 saturated carbocycles. The van der Waals surface area contributed by atoms with Gasteiger partial charge in [0.2, 0.25) is 0 Å². The Bertz CT molecular complexity index is 1020. The number of alkyl halides is 3. The average Bonchev–Trinajstić information content (AvgIpc) is 3.10. The summed E-state index contributed by atoms with van der Waals surface area (Å²) in [6.07, 6.45) is -1.41. The van der Waals surface area contributed by atoms with E-state index >= 15 is 0 Å². The summed E-state index contributed by atoms with van der Waals surface area (Å²) in [7, 11) is 0. The van der Waals surface area contributed by atoms with Crippen LogP contribution >= 0.6 is 0 Å². The second kappa shape index (κ2) is 7.55. The number of hydrogen-bond acceptors (Lipinski definition) is 4. The molecule has 1 heterocycles. The maximum absolute atomic E-state index is 12.8. The molecule has 2 aromatic carbocycles. The summed E-state index contributed by atoms with van der Waals surface area (Å²) in [5.41, 5.74) is 3.21. The maximum Gasteiger partial charge on any atom is 0.416 e. The molecule has 0 unspecified atom stereocenters. The van der Waals surface area contributed by atoms with Gasteiger partial charge in [-0.15, -0.1) is 0 Å². The highest BCUT2D eigenvalue weighted by Crippen LogP contribution is 2.34. The van der Waals surface area contributed by atoms with Crippen LogP contribution in [0.25, 0.3) is 5.69 Å². The van der Waals surface area contributed by atoms with E-state index in [9.17, 15) is 23.3 Å². The molecule has 144 valence electrons. The van der Waals surface area contributed by atoms with Gasteiger partial charge in [0.25, 0.3) is 5.69 Å². The van der Waals surface area contributed by atoms with Crippen molar-refractivity contribution in [2.45, 2.75) is 13.1 Å². The normalized spacial score (nSPS) is 11.7. The minimum atomic E-state index is -4.67. The third kappa shape index (κ3) is 4.20. The van der Waals surface area contributed by atoms with E-state index in [1.165, 1.54) is 6.21 Å². The molecule has 3 rings (SSSR count). The summed E-state index contributed by atoms with van der Waals surface area (Å²) < 4.78 is 40.1. The van der Waals surface area contributed by atoms with Crippen molar-refractivity contribution in [2.24, 2.45) is 5.10 Å². The fraction of sp³-hybridized carbons (Fsp3) is 0.105. The Morgan fingerprint density at radius 2 is 1.86 bits per heavy atom. The first kappa shape index (κ1) is 19.2. The van der Waals surface area contributed by atoms with Gasteiger partial charge in [-0.25, -0.2) is 0 Å². The van der Waals surface area contributed by atoms with Gasteiger partial charge in [0.1, 0.15) is 5.69 Å². The second-order valence-corrected chi connectivity index (χ2v) is 6.00. The minimum absolute atomic E-state index is 0.136.